The number of hydrogen-bond donors (Lipinski definition) is 1. The first-order valence-electron chi connectivity index (χ1n) is 8.61. The molecule has 0 aromatic heterocycles. The molecule has 0 spiro atoms. The summed E-state index contributed by atoms with van der Waals surface area (Å²) in [5.41, 5.74) is 0.489. The zero-order chi connectivity index (χ0) is 17.9. The van der Waals surface area contributed by atoms with Crippen molar-refractivity contribution in [2.24, 2.45) is 5.92 Å². The van der Waals surface area contributed by atoms with Gasteiger partial charge in [-0.25, -0.2) is 4.79 Å². The smallest absolute Gasteiger partial charge is 0.328 e. The number of methoxy groups -OCH3 is 1. The molecule has 134 valence electrons. The molecule has 5 nitrogen and oxygen atoms in total. The second-order valence-electron chi connectivity index (χ2n) is 6.15. The molecule has 5 heteroatoms. The number of nitrogens with one attached hydrogen (secondary N) is 1. The molecule has 0 saturated carbocycles. The van der Waals surface area contributed by atoms with E-state index < -0.39 is 12.0 Å². The van der Waals surface area contributed by atoms with E-state index in [1.165, 1.54) is 26.4 Å². The average Bonchev–Trinajstić information content (AvgIpc) is 2.58. The van der Waals surface area contributed by atoms with Crippen molar-refractivity contribution < 1.29 is 19.1 Å². The number of hydrogen-bond acceptors (Lipinski definition) is 4. The molecule has 1 amide bonds. The van der Waals surface area contributed by atoms with E-state index in [1.807, 2.05) is 13.8 Å². The molecule has 0 aliphatic heterocycles. The summed E-state index contributed by atoms with van der Waals surface area (Å²) in [6.45, 7) is 6.58. The SMILES string of the molecule is CCCCCCOc1ccc(C(=O)NC(C(=O)OC)C(C)C)cc1. The highest BCUT2D eigenvalue weighted by atomic mass is 16.5. The number of carbonyl (C=O) groups is 2. The fourth-order valence-electron chi connectivity index (χ4n) is 2.27. The molecule has 1 aromatic rings. The highest BCUT2D eigenvalue weighted by molar-refractivity contribution is 5.96. The van der Waals surface area contributed by atoms with Crippen LogP contribution in [0, 0.1) is 5.92 Å². The van der Waals surface area contributed by atoms with Crippen molar-refractivity contribution in [3.8, 4) is 5.75 Å². The molecule has 1 atom stereocenters. The van der Waals surface area contributed by atoms with Gasteiger partial charge in [0.15, 0.2) is 0 Å². The maximum absolute atomic E-state index is 12.3. The van der Waals surface area contributed by atoms with Crippen molar-refractivity contribution in [1.82, 2.24) is 5.32 Å². The number of benzene rings is 1. The van der Waals surface area contributed by atoms with Crippen LogP contribution in [0.5, 0.6) is 5.75 Å². The normalized spacial score (nSPS) is 11.9. The molecular formula is C19H29NO4. The first-order valence-corrected chi connectivity index (χ1v) is 8.61. The summed E-state index contributed by atoms with van der Waals surface area (Å²) in [5.74, 6) is -0.0393. The largest absolute Gasteiger partial charge is 0.494 e. The lowest BCUT2D eigenvalue weighted by Crippen LogP contribution is -2.45. The maximum atomic E-state index is 12.3. The van der Waals surface area contributed by atoms with E-state index in [2.05, 4.69) is 12.2 Å². The average molecular weight is 335 g/mol. The van der Waals surface area contributed by atoms with Crippen LogP contribution in [0.2, 0.25) is 0 Å². The third-order valence-electron chi connectivity index (χ3n) is 3.79. The highest BCUT2D eigenvalue weighted by Crippen LogP contribution is 2.14. The van der Waals surface area contributed by atoms with Crippen molar-refractivity contribution >= 4 is 11.9 Å². The first-order chi connectivity index (χ1) is 11.5. The lowest BCUT2D eigenvalue weighted by atomic mass is 10.0. The van der Waals surface area contributed by atoms with Gasteiger partial charge in [0.2, 0.25) is 0 Å². The maximum Gasteiger partial charge on any atom is 0.328 e. The second kappa shape index (κ2) is 10.7. The van der Waals surface area contributed by atoms with Gasteiger partial charge in [-0.15, -0.1) is 0 Å². The molecule has 0 aliphatic carbocycles. The number of carbonyl (C=O) groups excluding carboxylic acids is 2. The fraction of sp³-hybridized carbons (Fsp3) is 0.579. The standard InChI is InChI=1S/C19H29NO4/c1-5-6-7-8-13-24-16-11-9-15(10-12-16)18(21)20-17(14(2)3)19(22)23-4/h9-12,14,17H,5-8,13H2,1-4H3,(H,20,21). The van der Waals surface area contributed by atoms with Gasteiger partial charge in [0, 0.05) is 5.56 Å². The fourth-order valence-corrected chi connectivity index (χ4v) is 2.27. The highest BCUT2D eigenvalue weighted by Gasteiger charge is 2.25. The number of unbranched alkanes of at least 4 members (excludes halogenated alkanes) is 3. The summed E-state index contributed by atoms with van der Waals surface area (Å²) in [7, 11) is 1.32. The van der Waals surface area contributed by atoms with Crippen LogP contribution in [-0.4, -0.2) is 31.6 Å². The Bertz CT molecular complexity index is 511. The van der Waals surface area contributed by atoms with Gasteiger partial charge >= 0.3 is 5.97 Å². The molecule has 0 aliphatic rings. The third kappa shape index (κ3) is 6.60. The third-order valence-corrected chi connectivity index (χ3v) is 3.79. The van der Waals surface area contributed by atoms with Crippen LogP contribution in [0.4, 0.5) is 0 Å². The summed E-state index contributed by atoms with van der Waals surface area (Å²) >= 11 is 0. The Morgan fingerprint density at radius 1 is 1.08 bits per heavy atom. The Morgan fingerprint density at radius 2 is 1.75 bits per heavy atom. The van der Waals surface area contributed by atoms with E-state index in [-0.39, 0.29) is 11.8 Å². The van der Waals surface area contributed by atoms with Crippen LogP contribution in [0.1, 0.15) is 56.8 Å². The summed E-state index contributed by atoms with van der Waals surface area (Å²) in [6, 6.07) is 6.29. The van der Waals surface area contributed by atoms with Crippen LogP contribution in [0.25, 0.3) is 0 Å². The van der Waals surface area contributed by atoms with Gasteiger partial charge in [0.1, 0.15) is 11.8 Å². The Morgan fingerprint density at radius 3 is 2.29 bits per heavy atom. The Hall–Kier alpha value is -2.04. The minimum absolute atomic E-state index is 0.0490. The van der Waals surface area contributed by atoms with Crippen LogP contribution in [0.3, 0.4) is 0 Å². The molecule has 0 saturated heterocycles. The molecule has 0 radical (unpaired) electrons. The van der Waals surface area contributed by atoms with Crippen molar-refractivity contribution in [2.75, 3.05) is 13.7 Å². The molecule has 1 rings (SSSR count). The summed E-state index contributed by atoms with van der Waals surface area (Å²) < 4.78 is 10.4. The van der Waals surface area contributed by atoms with Gasteiger partial charge in [-0.3, -0.25) is 4.79 Å². The lowest BCUT2D eigenvalue weighted by molar-refractivity contribution is -0.144. The van der Waals surface area contributed by atoms with Crippen molar-refractivity contribution in [1.29, 1.82) is 0 Å². The molecule has 0 fully saturated rings. The molecule has 1 aromatic carbocycles. The quantitative estimate of drug-likeness (QED) is 0.524. The second-order valence-corrected chi connectivity index (χ2v) is 6.15. The molecular weight excluding hydrogens is 306 g/mol. The number of rotatable bonds is 10. The molecule has 24 heavy (non-hydrogen) atoms. The monoisotopic (exact) mass is 335 g/mol. The number of amides is 1. The van der Waals surface area contributed by atoms with E-state index in [9.17, 15) is 9.59 Å². The first kappa shape index (κ1) is 20.0. The molecule has 0 heterocycles. The van der Waals surface area contributed by atoms with Gasteiger partial charge < -0.3 is 14.8 Å². The van der Waals surface area contributed by atoms with Crippen LogP contribution < -0.4 is 10.1 Å². The van der Waals surface area contributed by atoms with E-state index in [0.717, 1.165) is 12.2 Å². The van der Waals surface area contributed by atoms with Crippen molar-refractivity contribution in [2.45, 2.75) is 52.5 Å². The summed E-state index contributed by atoms with van der Waals surface area (Å²) in [6.07, 6.45) is 4.62. The number of esters is 1. The van der Waals surface area contributed by atoms with Gasteiger partial charge in [-0.1, -0.05) is 40.0 Å². The van der Waals surface area contributed by atoms with Crippen LogP contribution >= 0.6 is 0 Å². The minimum Gasteiger partial charge on any atom is -0.494 e. The summed E-state index contributed by atoms with van der Waals surface area (Å²) in [5, 5.41) is 2.71. The topological polar surface area (TPSA) is 64.6 Å². The van der Waals surface area contributed by atoms with Gasteiger partial charge in [0.05, 0.1) is 13.7 Å². The van der Waals surface area contributed by atoms with E-state index in [4.69, 9.17) is 9.47 Å². The van der Waals surface area contributed by atoms with Gasteiger partial charge in [-0.05, 0) is 36.6 Å². The number of ether oxygens (including phenoxy) is 2. The van der Waals surface area contributed by atoms with E-state index >= 15 is 0 Å². The Balaban J connectivity index is 2.55. The zero-order valence-corrected chi connectivity index (χ0v) is 15.1. The molecule has 0 bridgehead atoms. The predicted octanol–water partition coefficient (Wildman–Crippen LogP) is 3.57. The van der Waals surface area contributed by atoms with Crippen molar-refractivity contribution in [3.05, 3.63) is 29.8 Å². The van der Waals surface area contributed by atoms with Gasteiger partial charge in [-0.2, -0.15) is 0 Å². The van der Waals surface area contributed by atoms with Crippen LogP contribution in [0.15, 0.2) is 24.3 Å². The van der Waals surface area contributed by atoms with Gasteiger partial charge in [0.25, 0.3) is 5.91 Å². The zero-order valence-electron chi connectivity index (χ0n) is 15.1. The minimum atomic E-state index is -0.656. The van der Waals surface area contributed by atoms with E-state index in [1.54, 1.807) is 24.3 Å². The molecule has 1 N–H and O–H groups in total. The van der Waals surface area contributed by atoms with Crippen LogP contribution in [-0.2, 0) is 9.53 Å². The summed E-state index contributed by atoms with van der Waals surface area (Å²) in [4.78, 5) is 24.0. The van der Waals surface area contributed by atoms with Crippen molar-refractivity contribution in [3.63, 3.8) is 0 Å². The lowest BCUT2D eigenvalue weighted by Gasteiger charge is -2.19. The van der Waals surface area contributed by atoms with E-state index in [0.29, 0.717) is 12.2 Å². The predicted molar refractivity (Wildman–Crippen MR) is 94.2 cm³/mol. The Kier molecular flexibility index (Phi) is 8.90. The molecule has 1 unspecified atom stereocenters. The Labute approximate surface area is 144 Å².